The molecule has 9 heteroatoms. The monoisotopic (exact) mass is 450 g/mol. The molecule has 0 saturated carbocycles. The Morgan fingerprint density at radius 3 is 2.37 bits per heavy atom. The van der Waals surface area contributed by atoms with Gasteiger partial charge in [-0.05, 0) is 46.3 Å². The molecule has 0 fully saturated rings. The molecule has 140 valence electrons. The molecule has 3 aromatic rings. The van der Waals surface area contributed by atoms with E-state index in [1.54, 1.807) is 30.3 Å². The van der Waals surface area contributed by atoms with Gasteiger partial charge in [0.2, 0.25) is 0 Å². The van der Waals surface area contributed by atoms with Crippen LogP contribution in [0, 0.1) is 0 Å². The van der Waals surface area contributed by atoms with E-state index in [0.29, 0.717) is 22.7 Å². The van der Waals surface area contributed by atoms with Gasteiger partial charge < -0.3 is 9.84 Å². The normalized spacial score (nSPS) is 11.4. The molecular weight excluding hydrogens is 436 g/mol. The molecule has 0 radical (unpaired) electrons. The van der Waals surface area contributed by atoms with Gasteiger partial charge in [-0.15, -0.1) is 0 Å². The van der Waals surface area contributed by atoms with Crippen LogP contribution in [0.15, 0.2) is 57.9 Å². The molecule has 3 rings (SSSR count). The first-order valence-electron chi connectivity index (χ1n) is 7.68. The van der Waals surface area contributed by atoms with Gasteiger partial charge in [-0.3, -0.25) is 0 Å². The van der Waals surface area contributed by atoms with Crippen molar-refractivity contribution < 1.29 is 23.1 Å². The number of rotatable bonds is 5. The maximum Gasteiger partial charge on any atom is 0.356 e. The highest BCUT2D eigenvalue weighted by Crippen LogP contribution is 2.30. The summed E-state index contributed by atoms with van der Waals surface area (Å²) >= 11 is 3.38. The van der Waals surface area contributed by atoms with Crippen LogP contribution >= 0.6 is 15.9 Å². The van der Waals surface area contributed by atoms with E-state index in [9.17, 15) is 18.3 Å². The number of benzene rings is 2. The molecule has 1 heterocycles. The van der Waals surface area contributed by atoms with Crippen LogP contribution in [-0.4, -0.2) is 42.6 Å². The van der Waals surface area contributed by atoms with E-state index in [1.807, 2.05) is 0 Å². The lowest BCUT2D eigenvalue weighted by atomic mass is 10.1. The first-order valence-corrected chi connectivity index (χ1v) is 10.4. The van der Waals surface area contributed by atoms with Gasteiger partial charge in [-0.25, -0.2) is 17.9 Å². The molecular formula is C18H15BrN2O5S. The summed E-state index contributed by atoms with van der Waals surface area (Å²) in [5.41, 5.74) is 1.62. The van der Waals surface area contributed by atoms with Crippen molar-refractivity contribution in [2.75, 3.05) is 13.4 Å². The number of aromatic nitrogens is 2. The number of hydrogen-bond acceptors (Lipinski definition) is 5. The molecule has 0 aliphatic heterocycles. The van der Waals surface area contributed by atoms with Crippen LogP contribution in [0.3, 0.4) is 0 Å². The molecule has 0 saturated heterocycles. The molecule has 0 bridgehead atoms. The Morgan fingerprint density at radius 1 is 1.15 bits per heavy atom. The van der Waals surface area contributed by atoms with Gasteiger partial charge in [0.05, 0.1) is 27.9 Å². The zero-order valence-corrected chi connectivity index (χ0v) is 16.8. The Labute approximate surface area is 164 Å². The Balaban J connectivity index is 2.17. The van der Waals surface area contributed by atoms with Gasteiger partial charge in [0, 0.05) is 17.9 Å². The molecule has 2 aromatic carbocycles. The predicted molar refractivity (Wildman–Crippen MR) is 103 cm³/mol. The maximum atomic E-state index is 11.7. The van der Waals surface area contributed by atoms with Crippen molar-refractivity contribution >= 4 is 31.7 Å². The highest BCUT2D eigenvalue weighted by Gasteiger charge is 2.17. The number of carbonyl (C=O) groups is 1. The number of halogens is 1. The van der Waals surface area contributed by atoms with Gasteiger partial charge in [-0.1, -0.05) is 12.1 Å². The highest BCUT2D eigenvalue weighted by atomic mass is 79.9. The summed E-state index contributed by atoms with van der Waals surface area (Å²) in [5, 5.41) is 13.5. The summed E-state index contributed by atoms with van der Waals surface area (Å²) in [5.74, 6) is -0.593. The smallest absolute Gasteiger partial charge is 0.356 e. The van der Waals surface area contributed by atoms with E-state index >= 15 is 0 Å². The van der Waals surface area contributed by atoms with Gasteiger partial charge >= 0.3 is 5.97 Å². The molecule has 0 amide bonds. The van der Waals surface area contributed by atoms with Crippen LogP contribution in [0.25, 0.3) is 16.9 Å². The van der Waals surface area contributed by atoms with E-state index in [1.165, 1.54) is 30.0 Å². The van der Waals surface area contributed by atoms with Crippen molar-refractivity contribution in [1.82, 2.24) is 9.78 Å². The Bertz CT molecular complexity index is 1120. The summed E-state index contributed by atoms with van der Waals surface area (Å²) in [4.78, 5) is 11.6. The zero-order chi connectivity index (χ0) is 19.8. The standard InChI is InChI=1S/C18H15BrN2O5S/c1-26-17-9-12(5-8-14(17)19)21-16(10-15(20-21)18(22)23)11-3-6-13(7-4-11)27(2,24)25/h3-10H,1-2H3,(H,22,23). The summed E-state index contributed by atoms with van der Waals surface area (Å²) < 4.78 is 30.8. The second-order valence-electron chi connectivity index (χ2n) is 5.75. The molecule has 0 aliphatic rings. The van der Waals surface area contributed by atoms with Gasteiger partial charge in [0.1, 0.15) is 5.75 Å². The van der Waals surface area contributed by atoms with Crippen LogP contribution < -0.4 is 4.74 Å². The third-order valence-electron chi connectivity index (χ3n) is 3.89. The molecule has 0 spiro atoms. The molecule has 1 N–H and O–H groups in total. The molecule has 1 aromatic heterocycles. The lowest BCUT2D eigenvalue weighted by Crippen LogP contribution is -2.03. The number of carboxylic acid groups (broad SMARTS) is 1. The van der Waals surface area contributed by atoms with Gasteiger partial charge in [0.15, 0.2) is 15.5 Å². The Morgan fingerprint density at radius 2 is 1.81 bits per heavy atom. The quantitative estimate of drug-likeness (QED) is 0.639. The summed E-state index contributed by atoms with van der Waals surface area (Å²) in [6.07, 6.45) is 1.13. The average Bonchev–Trinajstić information content (AvgIpc) is 3.07. The first kappa shape index (κ1) is 19.1. The van der Waals surface area contributed by atoms with Crippen LogP contribution in [0.1, 0.15) is 10.5 Å². The lowest BCUT2D eigenvalue weighted by molar-refractivity contribution is 0.0690. The van der Waals surface area contributed by atoms with Crippen molar-refractivity contribution in [3.8, 4) is 22.7 Å². The minimum Gasteiger partial charge on any atom is -0.495 e. The topological polar surface area (TPSA) is 98.5 Å². The summed E-state index contributed by atoms with van der Waals surface area (Å²) in [7, 11) is -1.80. The van der Waals surface area contributed by atoms with E-state index in [-0.39, 0.29) is 10.6 Å². The van der Waals surface area contributed by atoms with Crippen molar-refractivity contribution in [3.63, 3.8) is 0 Å². The van der Waals surface area contributed by atoms with Crippen molar-refractivity contribution in [2.24, 2.45) is 0 Å². The maximum absolute atomic E-state index is 11.7. The van der Waals surface area contributed by atoms with Crippen LogP contribution in [0.5, 0.6) is 5.75 Å². The average molecular weight is 451 g/mol. The first-order chi connectivity index (χ1) is 12.7. The van der Waals surface area contributed by atoms with E-state index in [4.69, 9.17) is 4.74 Å². The summed E-state index contributed by atoms with van der Waals surface area (Å²) in [6.45, 7) is 0. The fraction of sp³-hybridized carbons (Fsp3) is 0.111. The summed E-state index contributed by atoms with van der Waals surface area (Å²) in [6, 6.07) is 12.9. The van der Waals surface area contributed by atoms with Crippen LogP contribution in [-0.2, 0) is 9.84 Å². The minimum atomic E-state index is -3.32. The second kappa shape index (κ2) is 7.16. The Hall–Kier alpha value is -2.65. The SMILES string of the molecule is COc1cc(-n2nc(C(=O)O)cc2-c2ccc(S(C)(=O)=O)cc2)ccc1Br. The van der Waals surface area contributed by atoms with E-state index in [2.05, 4.69) is 21.0 Å². The third-order valence-corrected chi connectivity index (χ3v) is 5.67. The van der Waals surface area contributed by atoms with Gasteiger partial charge in [-0.2, -0.15) is 5.10 Å². The van der Waals surface area contributed by atoms with Crippen LogP contribution in [0.4, 0.5) is 0 Å². The number of ether oxygens (including phenoxy) is 1. The largest absolute Gasteiger partial charge is 0.495 e. The van der Waals surface area contributed by atoms with Gasteiger partial charge in [0.25, 0.3) is 0 Å². The second-order valence-corrected chi connectivity index (χ2v) is 8.62. The van der Waals surface area contributed by atoms with Crippen molar-refractivity contribution in [2.45, 2.75) is 4.90 Å². The lowest BCUT2D eigenvalue weighted by Gasteiger charge is -2.10. The number of aromatic carboxylic acids is 1. The number of hydrogen-bond donors (Lipinski definition) is 1. The van der Waals surface area contributed by atoms with E-state index in [0.717, 1.165) is 10.7 Å². The highest BCUT2D eigenvalue weighted by molar-refractivity contribution is 9.10. The Kier molecular flexibility index (Phi) is 5.07. The van der Waals surface area contributed by atoms with Crippen molar-refractivity contribution in [1.29, 1.82) is 0 Å². The molecule has 0 aliphatic carbocycles. The molecule has 7 nitrogen and oxygen atoms in total. The van der Waals surface area contributed by atoms with E-state index < -0.39 is 15.8 Å². The van der Waals surface area contributed by atoms with Crippen molar-refractivity contribution in [3.05, 3.63) is 58.7 Å². The fourth-order valence-electron chi connectivity index (χ4n) is 2.54. The minimum absolute atomic E-state index is 0.126. The number of nitrogens with zero attached hydrogens (tertiary/aromatic N) is 2. The zero-order valence-electron chi connectivity index (χ0n) is 14.4. The number of sulfone groups is 1. The molecule has 0 unspecified atom stereocenters. The third kappa shape index (κ3) is 3.88. The number of carboxylic acids is 1. The molecule has 27 heavy (non-hydrogen) atoms. The fourth-order valence-corrected chi connectivity index (χ4v) is 3.58. The molecule has 0 atom stereocenters. The van der Waals surface area contributed by atoms with Crippen LogP contribution in [0.2, 0.25) is 0 Å². The number of methoxy groups -OCH3 is 1. The predicted octanol–water partition coefficient (Wildman–Crippen LogP) is 3.41.